The number of rotatable bonds is 11. The minimum atomic E-state index is -3.66. The predicted octanol–water partition coefficient (Wildman–Crippen LogP) is 5.12. The molecule has 8 heteroatoms. The minimum absolute atomic E-state index is 0.210. The monoisotopic (exact) mass is 505 g/mol. The molecule has 5 N–H and O–H groups in total. The summed E-state index contributed by atoms with van der Waals surface area (Å²) in [4.78, 5) is 19.8. The SMILES string of the molecule is C=P(O)(O)OCC(N)(CO)CCc1ccc(-c2ccc(SCc3ccccc3)cc2)cc1Cl. The molecule has 3 aromatic rings. The van der Waals surface area contributed by atoms with Gasteiger partial charge in [-0.05, 0) is 59.6 Å². The zero-order chi connectivity index (χ0) is 23.9. The number of hydrogen-bond donors (Lipinski definition) is 4. The van der Waals surface area contributed by atoms with Gasteiger partial charge in [-0.3, -0.25) is 0 Å². The normalized spacial score (nSPS) is 13.6. The lowest BCUT2D eigenvalue weighted by atomic mass is 9.93. The van der Waals surface area contributed by atoms with Gasteiger partial charge in [0.1, 0.15) is 0 Å². The van der Waals surface area contributed by atoms with Crippen LogP contribution >= 0.6 is 30.9 Å². The second-order valence-corrected chi connectivity index (χ2v) is 11.1. The van der Waals surface area contributed by atoms with Crippen LogP contribution < -0.4 is 5.73 Å². The van der Waals surface area contributed by atoms with Crippen LogP contribution in [0.2, 0.25) is 5.02 Å². The van der Waals surface area contributed by atoms with Crippen LogP contribution in [0, 0.1) is 0 Å². The molecule has 5 nitrogen and oxygen atoms in total. The molecular formula is C25H29ClNO4PS. The van der Waals surface area contributed by atoms with Crippen molar-refractivity contribution < 1.29 is 19.4 Å². The second-order valence-electron chi connectivity index (χ2n) is 8.06. The molecule has 33 heavy (non-hydrogen) atoms. The molecule has 0 fully saturated rings. The molecule has 0 spiro atoms. The highest BCUT2D eigenvalue weighted by molar-refractivity contribution is 7.98. The van der Waals surface area contributed by atoms with Crippen LogP contribution in [0.5, 0.6) is 0 Å². The lowest BCUT2D eigenvalue weighted by molar-refractivity contribution is 0.116. The van der Waals surface area contributed by atoms with Crippen molar-refractivity contribution >= 4 is 37.2 Å². The fraction of sp³-hybridized carbons (Fsp3) is 0.240. The average Bonchev–Trinajstić information content (AvgIpc) is 2.81. The van der Waals surface area contributed by atoms with Gasteiger partial charge in [0.15, 0.2) is 0 Å². The Bertz CT molecular complexity index is 1090. The molecule has 0 aliphatic carbocycles. The summed E-state index contributed by atoms with van der Waals surface area (Å²) >= 11 is 8.32. The standard InChI is InChI=1S/C25H29ClNO4PS/c1-32(29,30)31-18-25(27,17-28)14-13-21-7-8-22(15-24(21)26)20-9-11-23(12-10-20)33-16-19-5-3-2-4-6-19/h2-12,15,28-30H,1,13-14,16-18,27H2. The zero-order valence-electron chi connectivity index (χ0n) is 18.2. The van der Waals surface area contributed by atoms with Crippen molar-refractivity contribution in [1.29, 1.82) is 0 Å². The molecule has 0 radical (unpaired) electrons. The first kappa shape index (κ1) is 26.0. The predicted molar refractivity (Wildman–Crippen MR) is 140 cm³/mol. The molecule has 0 saturated carbocycles. The maximum atomic E-state index is 9.64. The van der Waals surface area contributed by atoms with E-state index in [-0.39, 0.29) is 13.2 Å². The van der Waals surface area contributed by atoms with Gasteiger partial charge < -0.3 is 25.2 Å². The molecule has 0 amide bonds. The van der Waals surface area contributed by atoms with Crippen LogP contribution in [0.4, 0.5) is 0 Å². The Morgan fingerprint density at radius 3 is 2.27 bits per heavy atom. The highest BCUT2D eigenvalue weighted by Gasteiger charge is 2.26. The summed E-state index contributed by atoms with van der Waals surface area (Å²) in [5.41, 5.74) is 9.30. The largest absolute Gasteiger partial charge is 0.394 e. The minimum Gasteiger partial charge on any atom is -0.394 e. The van der Waals surface area contributed by atoms with E-state index < -0.39 is 13.1 Å². The number of aliphatic hydroxyl groups excluding tert-OH is 1. The maximum absolute atomic E-state index is 9.64. The van der Waals surface area contributed by atoms with Crippen molar-refractivity contribution in [2.75, 3.05) is 13.2 Å². The first-order chi connectivity index (χ1) is 15.7. The lowest BCUT2D eigenvalue weighted by Crippen LogP contribution is -2.48. The number of aliphatic hydroxyl groups is 1. The molecule has 0 saturated heterocycles. The zero-order valence-corrected chi connectivity index (χ0v) is 20.7. The van der Waals surface area contributed by atoms with E-state index in [2.05, 4.69) is 54.8 Å². The molecular weight excluding hydrogens is 477 g/mol. The summed E-state index contributed by atoms with van der Waals surface area (Å²) in [6, 6.07) is 24.7. The molecule has 0 heterocycles. The Hall–Kier alpha value is -1.60. The Morgan fingerprint density at radius 2 is 1.67 bits per heavy atom. The first-order valence-electron chi connectivity index (χ1n) is 10.5. The van der Waals surface area contributed by atoms with E-state index in [1.165, 1.54) is 10.5 Å². The van der Waals surface area contributed by atoms with Crippen LogP contribution in [0.25, 0.3) is 11.1 Å². The van der Waals surface area contributed by atoms with Gasteiger partial charge in [-0.25, -0.2) is 0 Å². The van der Waals surface area contributed by atoms with Gasteiger partial charge in [-0.2, -0.15) is 0 Å². The molecule has 176 valence electrons. The first-order valence-corrected chi connectivity index (χ1v) is 13.6. The molecule has 1 atom stereocenters. The summed E-state index contributed by atoms with van der Waals surface area (Å²) < 4.78 is 4.92. The summed E-state index contributed by atoms with van der Waals surface area (Å²) in [6.07, 6.45) is 4.01. The van der Waals surface area contributed by atoms with Crippen LogP contribution in [0.15, 0.2) is 77.7 Å². The van der Waals surface area contributed by atoms with Crippen LogP contribution in [-0.2, 0) is 16.7 Å². The molecule has 3 rings (SSSR count). The molecule has 3 aromatic carbocycles. The lowest BCUT2D eigenvalue weighted by Gasteiger charge is -2.28. The Balaban J connectivity index is 1.61. The van der Waals surface area contributed by atoms with Crippen molar-refractivity contribution in [2.45, 2.75) is 29.0 Å². The average molecular weight is 506 g/mol. The highest BCUT2D eigenvalue weighted by Crippen LogP contribution is 2.36. The van der Waals surface area contributed by atoms with Gasteiger partial charge in [0.25, 0.3) is 0 Å². The van der Waals surface area contributed by atoms with E-state index in [0.717, 1.165) is 22.4 Å². The Labute approximate surface area is 204 Å². The van der Waals surface area contributed by atoms with E-state index >= 15 is 0 Å². The summed E-state index contributed by atoms with van der Waals surface area (Å²) in [5, 5.41) is 10.2. The Morgan fingerprint density at radius 1 is 1.00 bits per heavy atom. The number of hydrogen-bond acceptors (Lipinski definition) is 6. The quantitative estimate of drug-likeness (QED) is 0.213. The number of halogens is 1. The van der Waals surface area contributed by atoms with Crippen LogP contribution in [0.3, 0.4) is 0 Å². The number of nitrogens with two attached hydrogens (primary N) is 1. The molecule has 0 aromatic heterocycles. The van der Waals surface area contributed by atoms with Crippen molar-refractivity contribution in [1.82, 2.24) is 0 Å². The smallest absolute Gasteiger partial charge is 0.245 e. The van der Waals surface area contributed by atoms with E-state index in [4.69, 9.17) is 21.9 Å². The molecule has 0 aliphatic heterocycles. The van der Waals surface area contributed by atoms with Crippen LogP contribution in [-0.4, -0.2) is 39.9 Å². The topological polar surface area (TPSA) is 95.9 Å². The van der Waals surface area contributed by atoms with Gasteiger partial charge >= 0.3 is 0 Å². The number of aryl methyl sites for hydroxylation is 1. The van der Waals surface area contributed by atoms with Crippen molar-refractivity contribution in [3.63, 3.8) is 0 Å². The van der Waals surface area contributed by atoms with Crippen molar-refractivity contribution in [3.8, 4) is 11.1 Å². The Kier molecular flexibility index (Phi) is 9.22. The third-order valence-electron chi connectivity index (χ3n) is 5.25. The number of benzene rings is 3. The van der Waals surface area contributed by atoms with Gasteiger partial charge in [-0.15, -0.1) is 11.8 Å². The summed E-state index contributed by atoms with van der Waals surface area (Å²) in [6.45, 7) is -0.574. The van der Waals surface area contributed by atoms with E-state index in [1.54, 1.807) is 11.8 Å². The van der Waals surface area contributed by atoms with Gasteiger partial charge in [0.05, 0.1) is 18.8 Å². The number of thioether (sulfide) groups is 1. The molecule has 0 aliphatic rings. The van der Waals surface area contributed by atoms with Gasteiger partial charge in [0.2, 0.25) is 7.57 Å². The van der Waals surface area contributed by atoms with Gasteiger partial charge in [-0.1, -0.05) is 66.2 Å². The fourth-order valence-electron chi connectivity index (χ4n) is 3.23. The second kappa shape index (κ2) is 11.7. The van der Waals surface area contributed by atoms with E-state index in [1.807, 2.05) is 24.3 Å². The van der Waals surface area contributed by atoms with E-state index in [0.29, 0.717) is 17.9 Å². The third kappa shape index (κ3) is 8.29. The summed E-state index contributed by atoms with van der Waals surface area (Å²) in [5.74, 6) is 0.927. The van der Waals surface area contributed by atoms with E-state index in [9.17, 15) is 14.9 Å². The van der Waals surface area contributed by atoms with Crippen molar-refractivity contribution in [3.05, 3.63) is 88.9 Å². The molecule has 0 bridgehead atoms. The maximum Gasteiger partial charge on any atom is 0.245 e. The summed E-state index contributed by atoms with van der Waals surface area (Å²) in [7, 11) is -3.66. The third-order valence-corrected chi connectivity index (χ3v) is 7.23. The van der Waals surface area contributed by atoms with Crippen LogP contribution in [0.1, 0.15) is 17.5 Å². The molecule has 1 unspecified atom stereocenters. The van der Waals surface area contributed by atoms with Crippen molar-refractivity contribution in [2.24, 2.45) is 5.73 Å². The van der Waals surface area contributed by atoms with Gasteiger partial charge in [0, 0.05) is 15.7 Å². The fourth-order valence-corrected chi connectivity index (χ4v) is 4.82. The highest BCUT2D eigenvalue weighted by atomic mass is 35.5.